The van der Waals surface area contributed by atoms with Crippen LogP contribution < -0.4 is 4.90 Å². The van der Waals surface area contributed by atoms with E-state index in [9.17, 15) is 0 Å². The van der Waals surface area contributed by atoms with Gasteiger partial charge >= 0.3 is 0 Å². The Morgan fingerprint density at radius 1 is 0.938 bits per heavy atom. The largest absolute Gasteiger partial charge is 0.378 e. The van der Waals surface area contributed by atoms with Gasteiger partial charge in [0.15, 0.2) is 0 Å². The number of rotatable bonds is 2. The van der Waals surface area contributed by atoms with Gasteiger partial charge in [-0.3, -0.25) is 0 Å². The van der Waals surface area contributed by atoms with Crippen molar-refractivity contribution in [2.75, 3.05) is 38.3 Å². The smallest absolute Gasteiger partial charge is 0.128 e. The van der Waals surface area contributed by atoms with Gasteiger partial charge in [0.05, 0.1) is 13.2 Å². The number of allylic oxidation sites excluding steroid dienone is 6. The van der Waals surface area contributed by atoms with Gasteiger partial charge in [0, 0.05) is 43.6 Å². The molecule has 2 fully saturated rings. The lowest BCUT2D eigenvalue weighted by atomic mass is 9.57. The summed E-state index contributed by atoms with van der Waals surface area (Å²) in [6.45, 7) is 8.15. The molecule has 4 heteroatoms. The normalized spacial score (nSPS) is 34.5. The van der Waals surface area contributed by atoms with Crippen LogP contribution >= 0.6 is 0 Å². The summed E-state index contributed by atoms with van der Waals surface area (Å²) in [4.78, 5) is 9.69. The lowest BCUT2D eigenvalue weighted by Crippen LogP contribution is -2.43. The second-order valence-electron chi connectivity index (χ2n) is 10.7. The van der Waals surface area contributed by atoms with Crippen LogP contribution in [0.25, 0.3) is 5.57 Å². The Balaban J connectivity index is 1.19. The number of pyridine rings is 1. The van der Waals surface area contributed by atoms with Crippen molar-refractivity contribution in [1.29, 1.82) is 0 Å². The Morgan fingerprint density at radius 3 is 2.53 bits per heavy atom. The Labute approximate surface area is 193 Å². The van der Waals surface area contributed by atoms with Crippen molar-refractivity contribution in [3.63, 3.8) is 0 Å². The molecule has 4 nitrogen and oxygen atoms in total. The van der Waals surface area contributed by atoms with Gasteiger partial charge in [0.25, 0.3) is 0 Å². The highest BCUT2D eigenvalue weighted by Crippen LogP contribution is 2.57. The van der Waals surface area contributed by atoms with Crippen LogP contribution in [0.15, 0.2) is 47.4 Å². The molecule has 5 unspecified atom stereocenters. The number of anilines is 1. The van der Waals surface area contributed by atoms with Crippen LogP contribution in [0.4, 0.5) is 5.82 Å². The van der Waals surface area contributed by atoms with Gasteiger partial charge in [0.2, 0.25) is 0 Å². The molecule has 3 heterocycles. The molecule has 0 aromatic carbocycles. The zero-order chi connectivity index (χ0) is 21.8. The van der Waals surface area contributed by atoms with Crippen LogP contribution in [0.1, 0.15) is 51.5 Å². The van der Waals surface area contributed by atoms with Crippen molar-refractivity contribution in [2.45, 2.75) is 46.0 Å². The van der Waals surface area contributed by atoms with E-state index in [1.54, 1.807) is 16.8 Å². The highest BCUT2D eigenvalue weighted by atomic mass is 16.5. The van der Waals surface area contributed by atoms with Crippen molar-refractivity contribution in [3.8, 4) is 0 Å². The van der Waals surface area contributed by atoms with Crippen molar-refractivity contribution in [1.82, 2.24) is 9.88 Å². The van der Waals surface area contributed by atoms with Crippen LogP contribution in [0.2, 0.25) is 0 Å². The number of hydrogen-bond acceptors (Lipinski definition) is 4. The molecule has 32 heavy (non-hydrogen) atoms. The van der Waals surface area contributed by atoms with E-state index in [1.807, 2.05) is 0 Å². The quantitative estimate of drug-likeness (QED) is 0.618. The number of ether oxygens (including phenoxy) is 1. The monoisotopic (exact) mass is 431 g/mol. The lowest BCUT2D eigenvalue weighted by molar-refractivity contribution is 0.0709. The average molecular weight is 432 g/mol. The Kier molecular flexibility index (Phi) is 5.17. The minimum Gasteiger partial charge on any atom is -0.378 e. The molecule has 0 spiro atoms. The van der Waals surface area contributed by atoms with Crippen LogP contribution in [0.5, 0.6) is 0 Å². The maximum Gasteiger partial charge on any atom is 0.128 e. The first kappa shape index (κ1) is 20.5. The molecule has 170 valence electrons. The molecular formula is C28H37N3O. The standard InChI is InChI=1S/C28H37N3O/c1-18-16-26-25-8-7-22-21(20-4-11-28(29-17-20)31-12-14-32-15-13-31)5-6-23(22)24(25)9-10-27(26)30(3)19(18)2/h4-5,10-11,17,22-26H,6-9,12-16H2,1-3H3. The molecule has 1 saturated carbocycles. The number of aromatic nitrogens is 1. The second-order valence-corrected chi connectivity index (χ2v) is 10.7. The van der Waals surface area contributed by atoms with Gasteiger partial charge in [0.1, 0.15) is 5.82 Å². The number of fused-ring (bicyclic) bond motifs is 5. The summed E-state index contributed by atoms with van der Waals surface area (Å²) in [5, 5.41) is 0. The summed E-state index contributed by atoms with van der Waals surface area (Å²) < 4.78 is 5.49. The van der Waals surface area contributed by atoms with E-state index in [1.165, 1.54) is 43.4 Å². The predicted molar refractivity (Wildman–Crippen MR) is 130 cm³/mol. The van der Waals surface area contributed by atoms with Crippen LogP contribution in [0, 0.1) is 29.6 Å². The molecular weight excluding hydrogens is 394 g/mol. The minimum atomic E-state index is 0.724. The highest BCUT2D eigenvalue weighted by Gasteiger charge is 2.48. The minimum absolute atomic E-state index is 0.724. The van der Waals surface area contributed by atoms with Crippen molar-refractivity contribution in [2.24, 2.45) is 29.6 Å². The summed E-state index contributed by atoms with van der Waals surface area (Å²) >= 11 is 0. The highest BCUT2D eigenvalue weighted by molar-refractivity contribution is 5.70. The summed E-state index contributed by atoms with van der Waals surface area (Å²) in [7, 11) is 2.28. The molecule has 0 amide bonds. The second kappa shape index (κ2) is 8.06. The third-order valence-corrected chi connectivity index (χ3v) is 9.38. The number of hydrogen-bond donors (Lipinski definition) is 0. The van der Waals surface area contributed by atoms with Gasteiger partial charge in [-0.2, -0.15) is 0 Å². The number of nitrogens with zero attached hydrogens (tertiary/aromatic N) is 3. The van der Waals surface area contributed by atoms with E-state index < -0.39 is 0 Å². The first-order chi connectivity index (χ1) is 15.6. The van der Waals surface area contributed by atoms with E-state index in [0.717, 1.165) is 61.7 Å². The molecule has 1 aromatic rings. The van der Waals surface area contributed by atoms with E-state index >= 15 is 0 Å². The first-order valence-corrected chi connectivity index (χ1v) is 12.7. The molecule has 0 radical (unpaired) electrons. The fourth-order valence-corrected chi connectivity index (χ4v) is 7.50. The third kappa shape index (κ3) is 3.25. The van der Waals surface area contributed by atoms with E-state index in [4.69, 9.17) is 9.72 Å². The summed E-state index contributed by atoms with van der Waals surface area (Å²) in [6.07, 6.45) is 13.8. The van der Waals surface area contributed by atoms with Crippen LogP contribution in [0.3, 0.4) is 0 Å². The van der Waals surface area contributed by atoms with Crippen LogP contribution in [-0.2, 0) is 4.74 Å². The van der Waals surface area contributed by atoms with Gasteiger partial charge in [-0.1, -0.05) is 17.7 Å². The average Bonchev–Trinajstić information content (AvgIpc) is 3.28. The summed E-state index contributed by atoms with van der Waals surface area (Å²) in [5.74, 6) is 5.08. The van der Waals surface area contributed by atoms with Gasteiger partial charge in [-0.15, -0.1) is 0 Å². The predicted octanol–water partition coefficient (Wildman–Crippen LogP) is 5.50. The van der Waals surface area contributed by atoms with E-state index in [-0.39, 0.29) is 0 Å². The molecule has 2 aliphatic heterocycles. The molecule has 3 aliphatic carbocycles. The SMILES string of the molecule is CC1=C(C)N(C)C2=CCC3C4CC=C(c5ccc(N6CCOCC6)nc5)C4CCC3C2C1. The Morgan fingerprint density at radius 2 is 1.75 bits per heavy atom. The Hall–Kier alpha value is -2.07. The summed E-state index contributed by atoms with van der Waals surface area (Å²) in [5.41, 5.74) is 7.61. The molecule has 0 bridgehead atoms. The molecule has 1 aromatic heterocycles. The summed E-state index contributed by atoms with van der Waals surface area (Å²) in [6, 6.07) is 4.55. The van der Waals surface area contributed by atoms with Gasteiger partial charge < -0.3 is 14.5 Å². The zero-order valence-electron chi connectivity index (χ0n) is 19.9. The maximum absolute atomic E-state index is 5.49. The first-order valence-electron chi connectivity index (χ1n) is 12.7. The van der Waals surface area contributed by atoms with Gasteiger partial charge in [-0.05, 0) is 92.9 Å². The number of morpholine rings is 1. The molecule has 6 rings (SSSR count). The fourth-order valence-electron chi connectivity index (χ4n) is 7.50. The molecule has 0 N–H and O–H groups in total. The van der Waals surface area contributed by atoms with Gasteiger partial charge in [-0.25, -0.2) is 4.98 Å². The Bertz CT molecular complexity index is 969. The van der Waals surface area contributed by atoms with Crippen molar-refractivity contribution in [3.05, 3.63) is 53.0 Å². The third-order valence-electron chi connectivity index (χ3n) is 9.38. The topological polar surface area (TPSA) is 28.6 Å². The maximum atomic E-state index is 5.49. The van der Waals surface area contributed by atoms with Crippen molar-refractivity contribution >= 4 is 11.4 Å². The molecule has 5 atom stereocenters. The molecule has 5 aliphatic rings. The zero-order valence-corrected chi connectivity index (χ0v) is 19.9. The fraction of sp³-hybridized carbons (Fsp3) is 0.607. The van der Waals surface area contributed by atoms with Crippen LogP contribution in [-0.4, -0.2) is 43.2 Å². The van der Waals surface area contributed by atoms with E-state index in [2.05, 4.69) is 61.2 Å². The molecule has 1 saturated heterocycles. The van der Waals surface area contributed by atoms with E-state index in [0.29, 0.717) is 0 Å². The van der Waals surface area contributed by atoms with Crippen molar-refractivity contribution < 1.29 is 4.74 Å². The lowest BCUT2D eigenvalue weighted by Gasteiger charge is -2.51.